The fourth-order valence-electron chi connectivity index (χ4n) is 1.38. The van der Waals surface area contributed by atoms with E-state index in [2.05, 4.69) is 26.1 Å². The molecule has 2 N–H and O–H groups in total. The average Bonchev–Trinajstić information content (AvgIpc) is 2.95. The maximum atomic E-state index is 11.8. The highest BCUT2D eigenvalue weighted by Crippen LogP contribution is 2.34. The zero-order valence-corrected chi connectivity index (χ0v) is 9.99. The molecule has 0 spiro atoms. The van der Waals surface area contributed by atoms with Gasteiger partial charge in [-0.3, -0.25) is 0 Å². The van der Waals surface area contributed by atoms with Crippen molar-refractivity contribution in [1.29, 1.82) is 2.86 Å². The molecule has 0 bridgehead atoms. The fraction of sp³-hybridized carbons (Fsp3) is 0.0909. The van der Waals surface area contributed by atoms with E-state index in [-0.39, 0.29) is 15.6 Å². The van der Waals surface area contributed by atoms with Crippen LogP contribution in [-0.4, -0.2) is 29.2 Å². The molecule has 0 saturated heterocycles. The molecule has 0 fully saturated rings. The Labute approximate surface area is 117 Å². The van der Waals surface area contributed by atoms with Crippen LogP contribution in [0.4, 0.5) is 0 Å². The van der Waals surface area contributed by atoms with Crippen LogP contribution in [0.3, 0.4) is 0 Å². The molecule has 6 nitrogen and oxygen atoms in total. The third-order valence-electron chi connectivity index (χ3n) is 2.08. The highest BCUT2D eigenvalue weighted by Gasteiger charge is 2.26. The first-order valence-electron chi connectivity index (χ1n) is 7.32. The number of carboxylic acids is 2. The maximum Gasteiger partial charge on any atom is 0.372 e. The first-order valence-corrected chi connectivity index (χ1v) is 5.15. The summed E-state index contributed by atoms with van der Waals surface area (Å²) < 4.78 is 53.2. The van der Waals surface area contributed by atoms with Gasteiger partial charge in [-0.15, -0.1) is 0 Å². The summed E-state index contributed by atoms with van der Waals surface area (Å²) in [7, 11) is -1.81. The number of halogens is 1. The average molecular weight is 321 g/mol. The summed E-state index contributed by atoms with van der Waals surface area (Å²) in [6.07, 6.45) is 0. The van der Waals surface area contributed by atoms with E-state index in [1.807, 2.05) is 0 Å². The molecule has 0 saturated carbocycles. The molecule has 0 radical (unpaired) electrons. The van der Waals surface area contributed by atoms with Gasteiger partial charge >= 0.3 is 11.9 Å². The molecule has 18 heavy (non-hydrogen) atoms. The van der Waals surface area contributed by atoms with Crippen LogP contribution in [0.25, 0.3) is 13.8 Å². The summed E-state index contributed by atoms with van der Waals surface area (Å²) >= 11 is 2.96. The number of rotatable bonds is 3. The molecule has 1 aromatic carbocycles. The lowest BCUT2D eigenvalue weighted by molar-refractivity contribution is 0.0628. The van der Waals surface area contributed by atoms with Gasteiger partial charge < -0.3 is 19.4 Å². The van der Waals surface area contributed by atoms with Gasteiger partial charge in [0.1, 0.15) is 16.9 Å². The van der Waals surface area contributed by atoms with Crippen molar-refractivity contribution in [3.8, 4) is 5.75 Å². The van der Waals surface area contributed by atoms with Gasteiger partial charge in [0.2, 0.25) is 5.76 Å². The van der Waals surface area contributed by atoms with Crippen molar-refractivity contribution in [2.75, 3.05) is 7.06 Å². The second-order valence-electron chi connectivity index (χ2n) is 3.10. The Morgan fingerprint density at radius 1 is 1.50 bits per heavy atom. The Morgan fingerprint density at radius 3 is 2.94 bits per heavy atom. The summed E-state index contributed by atoms with van der Waals surface area (Å²) in [5.41, 5.74) is -1.11. The van der Waals surface area contributed by atoms with Gasteiger partial charge in [-0.25, -0.2) is 9.59 Å². The van der Waals surface area contributed by atoms with E-state index in [1.165, 1.54) is 0 Å². The largest absolute Gasteiger partial charge is 0.495 e. The third kappa shape index (κ3) is 1.82. The Hall–Kier alpha value is -2.02. The van der Waals surface area contributed by atoms with Crippen LogP contribution >= 0.6 is 15.9 Å². The second-order valence-corrected chi connectivity index (χ2v) is 3.89. The van der Waals surface area contributed by atoms with Crippen LogP contribution in [-0.2, 0) is 0 Å². The zero-order valence-electron chi connectivity index (χ0n) is 14.4. The van der Waals surface area contributed by atoms with Gasteiger partial charge in [0.05, 0.1) is 17.0 Å². The molecule has 0 atom stereocenters. The first-order chi connectivity index (χ1) is 11.2. The number of fused-ring (bicyclic) bond motifs is 1. The third-order valence-corrected chi connectivity index (χ3v) is 2.64. The van der Waals surface area contributed by atoms with E-state index in [1.54, 1.807) is 0 Å². The lowest BCUT2D eigenvalue weighted by Crippen LogP contribution is -2.04. The Kier molecular flexibility index (Phi) is 1.64. The predicted octanol–water partition coefficient (Wildman–Crippen LogP) is 2.60. The number of carboxylic acid groups (broad SMARTS) is 2. The summed E-state index contributed by atoms with van der Waals surface area (Å²) in [6.45, 7) is 0. The number of hydrogen-bond acceptors (Lipinski definition) is 6. The van der Waals surface area contributed by atoms with Crippen molar-refractivity contribution < 1.29 is 34.4 Å². The van der Waals surface area contributed by atoms with Crippen LogP contribution in [0, 0.1) is 0 Å². The topological polar surface area (TPSA) is 97.0 Å². The summed E-state index contributed by atoms with van der Waals surface area (Å²) in [5, 5.41) is 7.18. The van der Waals surface area contributed by atoms with E-state index in [0.717, 1.165) is 0 Å². The molecular formula is C11H7BrO6. The molecule has 1 aromatic heterocycles. The van der Waals surface area contributed by atoms with Crippen LogP contribution in [0.5, 0.6) is 5.75 Å². The molecule has 2 rings (SSSR count). The lowest BCUT2D eigenvalue weighted by Gasteiger charge is -2.01. The molecule has 0 aliphatic rings. The van der Waals surface area contributed by atoms with Gasteiger partial charge in [0.25, 0.3) is 2.86 Å². The second kappa shape index (κ2) is 4.34. The van der Waals surface area contributed by atoms with Gasteiger partial charge in [-0.2, -0.15) is 0 Å². The minimum atomic E-state index is -1.81. The molecule has 0 amide bonds. The number of ether oxygens (including phenoxy) is 1. The Bertz CT molecular complexity index is 834. The number of hydrogen-bond donors (Lipinski definition) is 2. The van der Waals surface area contributed by atoms with Gasteiger partial charge in [-0.1, -0.05) is 0 Å². The molecule has 2 aromatic rings. The molecular weight excluding hydrogens is 308 g/mol. The van der Waals surface area contributed by atoms with Gasteiger partial charge in [-0.05, 0) is 22.0 Å². The number of aromatic carboxylic acids is 2. The fourth-order valence-corrected chi connectivity index (χ4v) is 1.77. The standard InChI is InChI=1S/C11H7BrO6/c1-17-7-3-6-4(2-5(7)12)8(10(13)14)9(18-6)11(15)16/h2-3H,1H3,(H,13,14)(H,15,16)/i1D2,2D,3D/hD2. The van der Waals surface area contributed by atoms with Crippen LogP contribution in [0.1, 0.15) is 26.4 Å². The summed E-state index contributed by atoms with van der Waals surface area (Å²) in [6, 6.07) is -1.02. The Balaban J connectivity index is 2.93. The summed E-state index contributed by atoms with van der Waals surface area (Å²) in [4.78, 5) is 23.4. The van der Waals surface area contributed by atoms with Crippen molar-refractivity contribution in [2.24, 2.45) is 0 Å². The summed E-state index contributed by atoms with van der Waals surface area (Å²) in [5.74, 6) is -3.96. The first kappa shape index (κ1) is 6.79. The van der Waals surface area contributed by atoms with Crippen molar-refractivity contribution in [1.82, 2.24) is 0 Å². The van der Waals surface area contributed by atoms with Crippen molar-refractivity contribution in [3.05, 3.63) is 27.9 Å². The van der Waals surface area contributed by atoms with Crippen molar-refractivity contribution >= 4 is 38.8 Å². The zero-order chi connectivity index (χ0) is 18.2. The number of carbonyl (C=O) groups is 2. The highest BCUT2D eigenvalue weighted by atomic mass is 79.9. The highest BCUT2D eigenvalue weighted by molar-refractivity contribution is 9.10. The lowest BCUT2D eigenvalue weighted by atomic mass is 10.1. The smallest absolute Gasteiger partial charge is 0.372 e. The van der Waals surface area contributed by atoms with Gasteiger partial charge in [0, 0.05) is 11.4 Å². The minimum Gasteiger partial charge on any atom is -0.495 e. The number of benzene rings is 1. The van der Waals surface area contributed by atoms with Crippen molar-refractivity contribution in [2.45, 2.75) is 0 Å². The monoisotopic (exact) mass is 320 g/mol. The normalized spacial score (nSPS) is 15.0. The predicted molar refractivity (Wildman–Crippen MR) is 64.4 cm³/mol. The molecule has 0 aliphatic carbocycles. The molecule has 7 heteroatoms. The Morgan fingerprint density at radius 2 is 2.28 bits per heavy atom. The number of methoxy groups -OCH3 is 1. The number of furan rings is 1. The molecule has 0 unspecified atom stereocenters. The van der Waals surface area contributed by atoms with Crippen molar-refractivity contribution in [3.63, 3.8) is 0 Å². The van der Waals surface area contributed by atoms with Gasteiger partial charge in [0.15, 0.2) is 0 Å². The SMILES string of the molecule is [2H]OC(=O)c1oc2c([2H])c(OC([2H])[2H])c(Br)c([2H])c2c1C(=O)O[2H]. The molecule has 1 heterocycles. The van der Waals surface area contributed by atoms with Crippen LogP contribution < -0.4 is 4.74 Å². The quantitative estimate of drug-likeness (QED) is 0.902. The van der Waals surface area contributed by atoms with Crippen LogP contribution in [0.2, 0.25) is 0 Å². The molecule has 94 valence electrons. The van der Waals surface area contributed by atoms with Crippen LogP contribution in [0.15, 0.2) is 21.0 Å². The van der Waals surface area contributed by atoms with E-state index in [4.69, 9.17) is 17.5 Å². The van der Waals surface area contributed by atoms with E-state index in [0.29, 0.717) is 0 Å². The maximum absolute atomic E-state index is 11.8. The van der Waals surface area contributed by atoms with E-state index < -0.39 is 48.0 Å². The minimum absolute atomic E-state index is 0.171. The van der Waals surface area contributed by atoms with E-state index >= 15 is 0 Å². The molecule has 0 aliphatic heterocycles. The van der Waals surface area contributed by atoms with E-state index in [9.17, 15) is 9.59 Å².